The van der Waals surface area contributed by atoms with Crippen LogP contribution in [-0.2, 0) is 9.59 Å². The molecule has 2 unspecified atom stereocenters. The van der Waals surface area contributed by atoms with Gasteiger partial charge in [0.25, 0.3) is 0 Å². The minimum atomic E-state index is -1.47. The van der Waals surface area contributed by atoms with Crippen molar-refractivity contribution < 1.29 is 28.6 Å². The molecule has 0 saturated heterocycles. The molecule has 8 heteroatoms. The summed E-state index contributed by atoms with van der Waals surface area (Å²) >= 11 is 0. The second kappa shape index (κ2) is 8.08. The maximum Gasteiger partial charge on any atom is 0.341 e. The van der Waals surface area contributed by atoms with Gasteiger partial charge in [0.1, 0.15) is 23.0 Å². The lowest BCUT2D eigenvalue weighted by Gasteiger charge is -2.15. The maximum absolute atomic E-state index is 14.7. The standard InChI is InChI=1S/C20H22F2N2O4/c1-10(25)24-13-3-2-11(6-13)14-7-18(22)15(8-17(14)21)19(26)16(20(27)28)9-23-12-4-5-12/h7-9,11-13,26H,2-6H2,1H3,(H,24,25)(H,27,28). The van der Waals surface area contributed by atoms with Gasteiger partial charge in [-0.05, 0) is 55.7 Å². The van der Waals surface area contributed by atoms with Crippen molar-refractivity contribution in [2.45, 2.75) is 57.0 Å². The van der Waals surface area contributed by atoms with Gasteiger partial charge in [-0.3, -0.25) is 9.79 Å². The number of hydrogen-bond donors (Lipinski definition) is 3. The Labute approximate surface area is 161 Å². The number of nitrogens with one attached hydrogen (secondary N) is 1. The highest BCUT2D eigenvalue weighted by molar-refractivity contribution is 6.14. The predicted octanol–water partition coefficient (Wildman–Crippen LogP) is 3.32. The van der Waals surface area contributed by atoms with Crippen LogP contribution in [0.4, 0.5) is 8.78 Å². The van der Waals surface area contributed by atoms with E-state index >= 15 is 0 Å². The number of carbonyl (C=O) groups is 2. The first-order valence-electron chi connectivity index (χ1n) is 9.22. The highest BCUT2D eigenvalue weighted by atomic mass is 19.1. The van der Waals surface area contributed by atoms with Crippen LogP contribution in [0.2, 0.25) is 0 Å². The average Bonchev–Trinajstić information content (AvgIpc) is 3.33. The zero-order valence-corrected chi connectivity index (χ0v) is 15.4. The van der Waals surface area contributed by atoms with Gasteiger partial charge in [-0.1, -0.05) is 0 Å². The Balaban J connectivity index is 1.88. The number of carboxylic acids is 1. The SMILES string of the molecule is CC(=O)NC1CCC(c2cc(F)c(C(O)=C(C=NC3CC3)C(=O)O)cc2F)C1. The number of hydrogen-bond acceptors (Lipinski definition) is 4. The molecule has 2 aliphatic carbocycles. The van der Waals surface area contributed by atoms with Crippen LogP contribution in [0.1, 0.15) is 56.1 Å². The van der Waals surface area contributed by atoms with Gasteiger partial charge in [-0.25, -0.2) is 13.6 Å². The van der Waals surface area contributed by atoms with E-state index in [2.05, 4.69) is 10.3 Å². The summed E-state index contributed by atoms with van der Waals surface area (Å²) in [7, 11) is 0. The lowest BCUT2D eigenvalue weighted by atomic mass is 9.94. The number of amides is 1. The van der Waals surface area contributed by atoms with E-state index in [9.17, 15) is 28.6 Å². The van der Waals surface area contributed by atoms with Gasteiger partial charge in [0.15, 0.2) is 0 Å². The van der Waals surface area contributed by atoms with Gasteiger partial charge in [-0.15, -0.1) is 0 Å². The molecule has 2 saturated carbocycles. The lowest BCUT2D eigenvalue weighted by Crippen LogP contribution is -2.30. The zero-order valence-electron chi connectivity index (χ0n) is 15.4. The molecule has 0 spiro atoms. The van der Waals surface area contributed by atoms with Gasteiger partial charge < -0.3 is 15.5 Å². The predicted molar refractivity (Wildman–Crippen MR) is 99.3 cm³/mol. The number of aliphatic carboxylic acids is 1. The molecule has 0 aliphatic heterocycles. The van der Waals surface area contributed by atoms with E-state index in [1.165, 1.54) is 6.92 Å². The Kier molecular flexibility index (Phi) is 5.76. The summed E-state index contributed by atoms with van der Waals surface area (Å²) in [6.45, 7) is 1.41. The first-order chi connectivity index (χ1) is 13.3. The van der Waals surface area contributed by atoms with E-state index in [0.717, 1.165) is 31.2 Å². The van der Waals surface area contributed by atoms with E-state index in [0.29, 0.717) is 19.3 Å². The number of aliphatic hydroxyl groups excluding tert-OH is 1. The van der Waals surface area contributed by atoms with Crippen LogP contribution in [0.5, 0.6) is 0 Å². The van der Waals surface area contributed by atoms with E-state index < -0.39 is 34.5 Å². The van der Waals surface area contributed by atoms with Crippen molar-refractivity contribution in [3.05, 3.63) is 40.5 Å². The third kappa shape index (κ3) is 4.55. The first kappa shape index (κ1) is 20.0. The molecular formula is C20H22F2N2O4. The first-order valence-corrected chi connectivity index (χ1v) is 9.22. The molecule has 2 fully saturated rings. The number of benzene rings is 1. The van der Waals surface area contributed by atoms with Gasteiger partial charge in [0.05, 0.1) is 11.6 Å². The highest BCUT2D eigenvalue weighted by Gasteiger charge is 2.30. The fourth-order valence-electron chi connectivity index (χ4n) is 3.51. The average molecular weight is 392 g/mol. The summed E-state index contributed by atoms with van der Waals surface area (Å²) in [6.07, 6.45) is 4.42. The molecule has 1 amide bonds. The van der Waals surface area contributed by atoms with Crippen molar-refractivity contribution in [1.29, 1.82) is 0 Å². The van der Waals surface area contributed by atoms with Gasteiger partial charge in [0, 0.05) is 19.2 Å². The van der Waals surface area contributed by atoms with E-state index in [1.807, 2.05) is 0 Å². The molecule has 0 radical (unpaired) electrons. The highest BCUT2D eigenvalue weighted by Crippen LogP contribution is 2.37. The van der Waals surface area contributed by atoms with Gasteiger partial charge >= 0.3 is 5.97 Å². The molecule has 0 aromatic heterocycles. The largest absolute Gasteiger partial charge is 0.506 e. The number of nitrogens with zero attached hydrogens (tertiary/aromatic N) is 1. The van der Waals surface area contributed by atoms with Crippen molar-refractivity contribution in [2.24, 2.45) is 4.99 Å². The maximum atomic E-state index is 14.7. The third-order valence-electron chi connectivity index (χ3n) is 5.07. The van der Waals surface area contributed by atoms with Crippen LogP contribution in [0.3, 0.4) is 0 Å². The van der Waals surface area contributed by atoms with E-state index in [-0.39, 0.29) is 29.5 Å². The number of carboxylic acid groups (broad SMARTS) is 1. The molecule has 1 aromatic rings. The topological polar surface area (TPSA) is 99.0 Å². The number of carbonyl (C=O) groups excluding carboxylic acids is 1. The quantitative estimate of drug-likeness (QED) is 0.393. The van der Waals surface area contributed by atoms with Crippen LogP contribution in [-0.4, -0.2) is 40.4 Å². The summed E-state index contributed by atoms with van der Waals surface area (Å²) in [6, 6.07) is 1.75. The fraction of sp³-hybridized carbons (Fsp3) is 0.450. The second-order valence-electron chi connectivity index (χ2n) is 7.34. The summed E-state index contributed by atoms with van der Waals surface area (Å²) in [5, 5.41) is 22.3. The minimum Gasteiger partial charge on any atom is -0.506 e. The fourth-order valence-corrected chi connectivity index (χ4v) is 3.51. The van der Waals surface area contributed by atoms with Gasteiger partial charge in [-0.2, -0.15) is 0 Å². The molecule has 3 N–H and O–H groups in total. The molecule has 3 rings (SSSR count). The molecule has 6 nitrogen and oxygen atoms in total. The minimum absolute atomic E-state index is 0.0185. The number of rotatable bonds is 6. The Morgan fingerprint density at radius 1 is 1.14 bits per heavy atom. The summed E-state index contributed by atoms with van der Waals surface area (Å²) in [5.41, 5.74) is -0.938. The Bertz CT molecular complexity index is 862. The number of aliphatic hydroxyl groups is 1. The zero-order chi connectivity index (χ0) is 20.4. The van der Waals surface area contributed by atoms with Crippen LogP contribution in [0, 0.1) is 11.6 Å². The Hall–Kier alpha value is -2.77. The van der Waals surface area contributed by atoms with Crippen molar-refractivity contribution in [3.63, 3.8) is 0 Å². The molecule has 2 atom stereocenters. The molecule has 0 heterocycles. The Morgan fingerprint density at radius 2 is 1.86 bits per heavy atom. The molecule has 2 aliphatic rings. The van der Waals surface area contributed by atoms with Crippen molar-refractivity contribution in [2.75, 3.05) is 0 Å². The summed E-state index contributed by atoms with van der Waals surface area (Å²) < 4.78 is 29.3. The molecule has 28 heavy (non-hydrogen) atoms. The molecular weight excluding hydrogens is 370 g/mol. The van der Waals surface area contributed by atoms with Crippen LogP contribution >= 0.6 is 0 Å². The van der Waals surface area contributed by atoms with Crippen molar-refractivity contribution in [3.8, 4) is 0 Å². The van der Waals surface area contributed by atoms with E-state index in [4.69, 9.17) is 0 Å². The monoisotopic (exact) mass is 392 g/mol. The Morgan fingerprint density at radius 3 is 2.46 bits per heavy atom. The smallest absolute Gasteiger partial charge is 0.341 e. The normalized spacial score (nSPS) is 23.0. The van der Waals surface area contributed by atoms with Crippen LogP contribution in [0.15, 0.2) is 22.7 Å². The van der Waals surface area contributed by atoms with Gasteiger partial charge in [0.2, 0.25) is 5.91 Å². The second-order valence-corrected chi connectivity index (χ2v) is 7.34. The lowest BCUT2D eigenvalue weighted by molar-refractivity contribution is -0.132. The molecule has 0 bridgehead atoms. The molecule has 150 valence electrons. The van der Waals surface area contributed by atoms with E-state index in [1.54, 1.807) is 0 Å². The summed E-state index contributed by atoms with van der Waals surface area (Å²) in [5.74, 6) is -4.39. The van der Waals surface area contributed by atoms with Crippen molar-refractivity contribution >= 4 is 23.9 Å². The number of aliphatic imine (C=N–C) groups is 1. The van der Waals surface area contributed by atoms with Crippen LogP contribution in [0.25, 0.3) is 5.76 Å². The summed E-state index contributed by atoms with van der Waals surface area (Å²) in [4.78, 5) is 26.5. The number of halogens is 2. The third-order valence-corrected chi connectivity index (χ3v) is 5.07. The molecule has 1 aromatic carbocycles. The van der Waals surface area contributed by atoms with Crippen molar-refractivity contribution in [1.82, 2.24) is 5.32 Å². The van der Waals surface area contributed by atoms with Crippen LogP contribution < -0.4 is 5.32 Å².